The Morgan fingerprint density at radius 1 is 1.00 bits per heavy atom. The minimum Gasteiger partial charge on any atom is -0.491 e. The summed E-state index contributed by atoms with van der Waals surface area (Å²) in [6.45, 7) is 4.01. The summed E-state index contributed by atoms with van der Waals surface area (Å²) in [6, 6.07) is 16.4. The van der Waals surface area contributed by atoms with Crippen LogP contribution >= 0.6 is 0 Å². The van der Waals surface area contributed by atoms with Crippen molar-refractivity contribution in [1.82, 2.24) is 19.9 Å². The van der Waals surface area contributed by atoms with Crippen molar-refractivity contribution in [2.45, 2.75) is 45.3 Å². The van der Waals surface area contributed by atoms with E-state index in [4.69, 9.17) is 9.72 Å². The molecule has 4 aromatic rings. The van der Waals surface area contributed by atoms with Crippen LogP contribution in [0.3, 0.4) is 0 Å². The van der Waals surface area contributed by atoms with Gasteiger partial charge in [0.05, 0.1) is 18.7 Å². The Morgan fingerprint density at radius 2 is 1.74 bits per heavy atom. The summed E-state index contributed by atoms with van der Waals surface area (Å²) in [5.74, 6) is 0.774. The first-order valence-corrected chi connectivity index (χ1v) is 13.0. The second-order valence-electron chi connectivity index (χ2n) is 10.1. The van der Waals surface area contributed by atoms with E-state index in [2.05, 4.69) is 38.5 Å². The molecular weight excluding hydrogens is 494 g/mol. The van der Waals surface area contributed by atoms with Crippen molar-refractivity contribution >= 4 is 52.1 Å². The zero-order chi connectivity index (χ0) is 26.9. The third-order valence-corrected chi connectivity index (χ3v) is 6.29. The van der Waals surface area contributed by atoms with Crippen LogP contribution in [0, 0.1) is 0 Å². The minimum absolute atomic E-state index is 0.0537. The van der Waals surface area contributed by atoms with Crippen LogP contribution in [0.15, 0.2) is 66.5 Å². The summed E-state index contributed by atoms with van der Waals surface area (Å²) in [7, 11) is 0. The molecule has 2 aliphatic rings. The predicted octanol–water partition coefficient (Wildman–Crippen LogP) is 5.01. The first kappa shape index (κ1) is 24.5. The molecule has 2 fully saturated rings. The van der Waals surface area contributed by atoms with E-state index in [0.717, 1.165) is 28.5 Å². The van der Waals surface area contributed by atoms with Crippen LogP contribution in [0.5, 0.6) is 5.75 Å². The van der Waals surface area contributed by atoms with Crippen molar-refractivity contribution < 1.29 is 14.3 Å². The summed E-state index contributed by atoms with van der Waals surface area (Å²) in [5.41, 5.74) is 5.38. The Hall–Kier alpha value is -4.86. The lowest BCUT2D eigenvalue weighted by Crippen LogP contribution is -2.19. The molecule has 0 bridgehead atoms. The van der Waals surface area contributed by atoms with Crippen LogP contribution in [-0.2, 0) is 9.59 Å². The highest BCUT2D eigenvalue weighted by Crippen LogP contribution is 2.32. The van der Waals surface area contributed by atoms with Gasteiger partial charge in [-0.1, -0.05) is 0 Å². The molecule has 2 aromatic heterocycles. The highest BCUT2D eigenvalue weighted by atomic mass is 16.5. The number of benzene rings is 2. The number of nitrogens with one attached hydrogen (secondary N) is 4. The lowest BCUT2D eigenvalue weighted by atomic mass is 10.1. The van der Waals surface area contributed by atoms with E-state index >= 15 is 0 Å². The van der Waals surface area contributed by atoms with E-state index < -0.39 is 0 Å². The molecule has 1 saturated heterocycles. The van der Waals surface area contributed by atoms with E-state index in [0.29, 0.717) is 28.6 Å². The van der Waals surface area contributed by atoms with Crippen molar-refractivity contribution in [3.63, 3.8) is 0 Å². The summed E-state index contributed by atoms with van der Waals surface area (Å²) >= 11 is 0. The number of aromatic nitrogens is 3. The van der Waals surface area contributed by atoms with Gasteiger partial charge < -0.3 is 20.7 Å². The Labute approximate surface area is 225 Å². The maximum atomic E-state index is 12.0. The summed E-state index contributed by atoms with van der Waals surface area (Å²) in [6.07, 6.45) is 7.61. The van der Waals surface area contributed by atoms with E-state index in [9.17, 15) is 9.59 Å². The van der Waals surface area contributed by atoms with Gasteiger partial charge in [-0.2, -0.15) is 5.10 Å². The average Bonchev–Trinajstić information content (AvgIpc) is 3.53. The van der Waals surface area contributed by atoms with Gasteiger partial charge in [0.2, 0.25) is 5.91 Å². The summed E-state index contributed by atoms with van der Waals surface area (Å²) < 4.78 is 7.39. The first-order valence-electron chi connectivity index (χ1n) is 13.0. The van der Waals surface area contributed by atoms with Gasteiger partial charge in [0, 0.05) is 46.1 Å². The van der Waals surface area contributed by atoms with Gasteiger partial charge in [0.25, 0.3) is 5.91 Å². The van der Waals surface area contributed by atoms with E-state index in [1.165, 1.54) is 12.8 Å². The van der Waals surface area contributed by atoms with Crippen LogP contribution in [0.4, 0.5) is 28.6 Å². The molecule has 198 valence electrons. The molecule has 10 nitrogen and oxygen atoms in total. The number of imide groups is 1. The van der Waals surface area contributed by atoms with Gasteiger partial charge in [-0.05, 0) is 81.3 Å². The lowest BCUT2D eigenvalue weighted by molar-refractivity contribution is -0.124. The third kappa shape index (κ3) is 5.85. The molecule has 1 saturated carbocycles. The molecule has 3 heterocycles. The fourth-order valence-corrected chi connectivity index (χ4v) is 4.39. The number of nitrogens with zero attached hydrogens (tertiary/aromatic N) is 3. The Kier molecular flexibility index (Phi) is 6.36. The molecule has 0 unspecified atom stereocenters. The highest BCUT2D eigenvalue weighted by Gasteiger charge is 2.24. The van der Waals surface area contributed by atoms with Crippen molar-refractivity contribution in [1.29, 1.82) is 0 Å². The fraction of sp³-hybridized carbons (Fsp3) is 0.241. The molecule has 10 heteroatoms. The van der Waals surface area contributed by atoms with Gasteiger partial charge in [0.1, 0.15) is 11.6 Å². The molecular formula is C29H29N7O3. The molecule has 1 aliphatic heterocycles. The summed E-state index contributed by atoms with van der Waals surface area (Å²) in [4.78, 5) is 28.3. The fourth-order valence-electron chi connectivity index (χ4n) is 4.39. The van der Waals surface area contributed by atoms with Crippen LogP contribution in [0.1, 0.15) is 38.7 Å². The molecule has 6 rings (SSSR count). The lowest BCUT2D eigenvalue weighted by Gasteiger charge is -2.15. The maximum Gasteiger partial charge on any atom is 0.254 e. The molecule has 4 N–H and O–H groups in total. The van der Waals surface area contributed by atoms with Crippen LogP contribution in [0.2, 0.25) is 0 Å². The number of fused-ring (bicyclic) bond motifs is 1. The van der Waals surface area contributed by atoms with Gasteiger partial charge in [-0.15, -0.1) is 0 Å². The number of hydrogen-bond donors (Lipinski definition) is 4. The molecule has 1 aliphatic carbocycles. The zero-order valence-corrected chi connectivity index (χ0v) is 21.7. The van der Waals surface area contributed by atoms with Gasteiger partial charge in [0.15, 0.2) is 5.65 Å². The minimum atomic E-state index is -0.379. The molecule has 2 aromatic carbocycles. The zero-order valence-electron chi connectivity index (χ0n) is 21.7. The third-order valence-electron chi connectivity index (χ3n) is 6.29. The largest absolute Gasteiger partial charge is 0.491 e. The van der Waals surface area contributed by atoms with E-state index in [-0.39, 0.29) is 24.3 Å². The molecule has 0 spiro atoms. The quantitative estimate of drug-likeness (QED) is 0.178. The summed E-state index contributed by atoms with van der Waals surface area (Å²) in [5, 5.41) is 17.1. The second kappa shape index (κ2) is 10.1. The normalized spacial score (nSPS) is 16.1. The van der Waals surface area contributed by atoms with Crippen molar-refractivity contribution in [3.8, 4) is 5.75 Å². The second-order valence-corrected chi connectivity index (χ2v) is 10.1. The molecule has 0 radical (unpaired) electrons. The van der Waals surface area contributed by atoms with E-state index in [1.54, 1.807) is 23.0 Å². The van der Waals surface area contributed by atoms with Gasteiger partial charge in [-0.3, -0.25) is 14.9 Å². The Morgan fingerprint density at radius 3 is 2.44 bits per heavy atom. The first-order chi connectivity index (χ1) is 18.9. The van der Waals surface area contributed by atoms with Crippen LogP contribution in [-0.4, -0.2) is 38.6 Å². The van der Waals surface area contributed by atoms with Crippen molar-refractivity contribution in [2.24, 2.45) is 0 Å². The maximum absolute atomic E-state index is 12.0. The van der Waals surface area contributed by atoms with Gasteiger partial charge in [-0.25, -0.2) is 9.50 Å². The average molecular weight is 524 g/mol. The highest BCUT2D eigenvalue weighted by molar-refractivity contribution is 6.15. The number of anilines is 5. The predicted molar refractivity (Wildman–Crippen MR) is 151 cm³/mol. The Balaban J connectivity index is 1.26. The monoisotopic (exact) mass is 523 g/mol. The molecule has 0 atom stereocenters. The number of hydrogen-bond acceptors (Lipinski definition) is 8. The smallest absolute Gasteiger partial charge is 0.254 e. The van der Waals surface area contributed by atoms with Crippen LogP contribution in [0.25, 0.3) is 11.7 Å². The van der Waals surface area contributed by atoms with Crippen LogP contribution < -0.4 is 26.0 Å². The molecule has 39 heavy (non-hydrogen) atoms. The number of amides is 2. The number of carbonyl (C=O) groups excluding carboxylic acids is 2. The van der Waals surface area contributed by atoms with Gasteiger partial charge >= 0.3 is 0 Å². The number of carbonyl (C=O) groups is 2. The molecule has 2 amide bonds. The standard InChI is InChI=1S/C29H29N7O3/c1-17(2)39-25-7-5-21(6-8-25)32-23-13-22(31-20-3-4-20)14-24(15-23)33-26-9-10-36-28(34-26)19(16-30-36)11-18-12-27(37)35-29(18)38/h5-11,13-17,20,31-32H,3-4,12H2,1-2H3,(H,33,34)(H,35,37,38)/b18-11-. The topological polar surface area (TPSA) is 122 Å². The Bertz CT molecular complexity index is 1590. The number of rotatable bonds is 9. The SMILES string of the molecule is CC(C)Oc1ccc(Nc2cc(Nc3ccn4ncc(/C=C5/CC(=O)NC5=O)c4n3)cc(NC3CC3)c2)cc1. The van der Waals surface area contributed by atoms with E-state index in [1.807, 2.05) is 50.2 Å². The number of ether oxygens (including phenoxy) is 1. The van der Waals surface area contributed by atoms with Crippen molar-refractivity contribution in [2.75, 3.05) is 16.0 Å². The van der Waals surface area contributed by atoms with Crippen molar-refractivity contribution in [3.05, 3.63) is 72.1 Å².